The van der Waals surface area contributed by atoms with Gasteiger partial charge in [-0.1, -0.05) is 20.8 Å². The van der Waals surface area contributed by atoms with Crippen LogP contribution in [0.5, 0.6) is 0 Å². The highest BCUT2D eigenvalue weighted by Gasteiger charge is 2.26. The van der Waals surface area contributed by atoms with Crippen molar-refractivity contribution >= 4 is 5.96 Å². The SMILES string of the molecule is CCNC(=NCCC1CCN(CC)CC1)N1CCC(CN(CC)CC)C1. The van der Waals surface area contributed by atoms with Crippen molar-refractivity contribution in [3.8, 4) is 0 Å². The molecule has 0 aromatic carbocycles. The van der Waals surface area contributed by atoms with Gasteiger partial charge in [0, 0.05) is 32.7 Å². The molecule has 0 aromatic heterocycles. The van der Waals surface area contributed by atoms with Gasteiger partial charge in [0.25, 0.3) is 0 Å². The number of nitrogens with one attached hydrogen (secondary N) is 1. The molecule has 5 nitrogen and oxygen atoms in total. The molecule has 2 heterocycles. The third kappa shape index (κ3) is 6.73. The zero-order valence-electron chi connectivity index (χ0n) is 17.8. The second-order valence-electron chi connectivity index (χ2n) is 7.99. The minimum atomic E-state index is 0.789. The lowest BCUT2D eigenvalue weighted by Crippen LogP contribution is -2.41. The van der Waals surface area contributed by atoms with Crippen LogP contribution in [0.2, 0.25) is 0 Å². The summed E-state index contributed by atoms with van der Waals surface area (Å²) in [4.78, 5) is 12.6. The van der Waals surface area contributed by atoms with E-state index in [1.54, 1.807) is 0 Å². The number of hydrogen-bond acceptors (Lipinski definition) is 3. The molecule has 0 bridgehead atoms. The molecule has 152 valence electrons. The molecule has 2 fully saturated rings. The van der Waals surface area contributed by atoms with E-state index in [0.717, 1.165) is 57.1 Å². The third-order valence-corrected chi connectivity index (χ3v) is 6.28. The topological polar surface area (TPSA) is 34.1 Å². The van der Waals surface area contributed by atoms with E-state index >= 15 is 0 Å². The van der Waals surface area contributed by atoms with Gasteiger partial charge in [0.15, 0.2) is 5.96 Å². The second-order valence-corrected chi connectivity index (χ2v) is 7.99. The van der Waals surface area contributed by atoms with Gasteiger partial charge < -0.3 is 20.0 Å². The van der Waals surface area contributed by atoms with Gasteiger partial charge in [-0.05, 0) is 77.2 Å². The summed E-state index contributed by atoms with van der Waals surface area (Å²) in [5.74, 6) is 2.82. The van der Waals surface area contributed by atoms with Gasteiger partial charge in [0.2, 0.25) is 0 Å². The molecule has 0 aromatic rings. The van der Waals surface area contributed by atoms with E-state index in [-0.39, 0.29) is 0 Å². The first kappa shape index (κ1) is 21.5. The summed E-state index contributed by atoms with van der Waals surface area (Å²) in [5, 5.41) is 3.53. The van der Waals surface area contributed by atoms with Crippen molar-refractivity contribution in [1.82, 2.24) is 20.0 Å². The largest absolute Gasteiger partial charge is 0.357 e. The normalized spacial score (nSPS) is 23.2. The van der Waals surface area contributed by atoms with Crippen LogP contribution in [-0.2, 0) is 0 Å². The highest BCUT2D eigenvalue weighted by Crippen LogP contribution is 2.21. The Hall–Kier alpha value is -0.810. The monoisotopic (exact) mass is 365 g/mol. The molecule has 0 radical (unpaired) electrons. The molecular weight excluding hydrogens is 322 g/mol. The molecule has 0 amide bonds. The lowest BCUT2D eigenvalue weighted by Gasteiger charge is -2.30. The maximum Gasteiger partial charge on any atom is 0.193 e. The van der Waals surface area contributed by atoms with Crippen LogP contribution in [0.1, 0.15) is 53.4 Å². The molecule has 0 aliphatic carbocycles. The summed E-state index contributed by atoms with van der Waals surface area (Å²) < 4.78 is 0. The van der Waals surface area contributed by atoms with Crippen molar-refractivity contribution in [1.29, 1.82) is 0 Å². The minimum Gasteiger partial charge on any atom is -0.357 e. The third-order valence-electron chi connectivity index (χ3n) is 6.28. The van der Waals surface area contributed by atoms with E-state index < -0.39 is 0 Å². The van der Waals surface area contributed by atoms with Crippen LogP contribution in [0.15, 0.2) is 4.99 Å². The number of nitrogens with zero attached hydrogens (tertiary/aromatic N) is 4. The Kier molecular flexibility index (Phi) is 9.76. The average molecular weight is 366 g/mol. The summed E-state index contributed by atoms with van der Waals surface area (Å²) in [6.07, 6.45) is 5.27. The number of likely N-dealkylation sites (tertiary alicyclic amines) is 2. The van der Waals surface area contributed by atoms with Crippen molar-refractivity contribution in [2.45, 2.75) is 53.4 Å². The fraction of sp³-hybridized carbons (Fsp3) is 0.952. The highest BCUT2D eigenvalue weighted by molar-refractivity contribution is 5.80. The van der Waals surface area contributed by atoms with Gasteiger partial charge in [-0.15, -0.1) is 0 Å². The zero-order valence-corrected chi connectivity index (χ0v) is 17.8. The van der Waals surface area contributed by atoms with Crippen molar-refractivity contribution in [2.24, 2.45) is 16.8 Å². The molecule has 0 spiro atoms. The van der Waals surface area contributed by atoms with E-state index in [1.807, 2.05) is 0 Å². The Morgan fingerprint density at radius 3 is 2.31 bits per heavy atom. The van der Waals surface area contributed by atoms with Crippen LogP contribution < -0.4 is 5.32 Å². The van der Waals surface area contributed by atoms with Crippen LogP contribution >= 0.6 is 0 Å². The molecule has 1 atom stereocenters. The van der Waals surface area contributed by atoms with Gasteiger partial charge in [-0.2, -0.15) is 0 Å². The number of aliphatic imine (C=N–C) groups is 1. The first-order valence-electron chi connectivity index (χ1n) is 11.2. The highest BCUT2D eigenvalue weighted by atomic mass is 15.3. The first-order chi connectivity index (χ1) is 12.7. The Bertz CT molecular complexity index is 399. The molecule has 2 aliphatic heterocycles. The van der Waals surface area contributed by atoms with Gasteiger partial charge in [-0.25, -0.2) is 0 Å². The van der Waals surface area contributed by atoms with Crippen molar-refractivity contribution in [3.63, 3.8) is 0 Å². The maximum absolute atomic E-state index is 4.99. The van der Waals surface area contributed by atoms with E-state index in [4.69, 9.17) is 4.99 Å². The van der Waals surface area contributed by atoms with Crippen molar-refractivity contribution in [2.75, 3.05) is 65.4 Å². The molecule has 26 heavy (non-hydrogen) atoms. The molecular formula is C21H43N5. The lowest BCUT2D eigenvalue weighted by atomic mass is 9.94. The fourth-order valence-electron chi connectivity index (χ4n) is 4.39. The zero-order chi connectivity index (χ0) is 18.8. The van der Waals surface area contributed by atoms with Crippen LogP contribution in [-0.4, -0.2) is 86.1 Å². The van der Waals surface area contributed by atoms with Gasteiger partial charge in [0.05, 0.1) is 0 Å². The fourth-order valence-corrected chi connectivity index (χ4v) is 4.39. The molecule has 2 aliphatic rings. The van der Waals surface area contributed by atoms with Crippen molar-refractivity contribution in [3.05, 3.63) is 0 Å². The average Bonchev–Trinajstić information content (AvgIpc) is 3.14. The predicted octanol–water partition coefficient (Wildman–Crippen LogP) is 2.74. The molecule has 1 unspecified atom stereocenters. The standard InChI is InChI=1S/C21H43N5/c1-5-22-21(23-13-9-19-10-14-25(8-4)15-11-19)26-16-12-20(18-26)17-24(6-2)7-3/h19-20H,5-18H2,1-4H3,(H,22,23). The van der Waals surface area contributed by atoms with Gasteiger partial charge in [0.1, 0.15) is 0 Å². The number of rotatable bonds is 9. The number of hydrogen-bond donors (Lipinski definition) is 1. The lowest BCUT2D eigenvalue weighted by molar-refractivity contribution is 0.188. The summed E-state index contributed by atoms with van der Waals surface area (Å²) in [5.41, 5.74) is 0. The Morgan fingerprint density at radius 1 is 1.00 bits per heavy atom. The molecule has 5 heteroatoms. The molecule has 2 rings (SSSR count). The van der Waals surface area contributed by atoms with E-state index in [9.17, 15) is 0 Å². The maximum atomic E-state index is 4.99. The summed E-state index contributed by atoms with van der Waals surface area (Å²) in [7, 11) is 0. The summed E-state index contributed by atoms with van der Waals surface area (Å²) in [6.45, 7) is 20.6. The minimum absolute atomic E-state index is 0.789. The van der Waals surface area contributed by atoms with Crippen LogP contribution in [0.25, 0.3) is 0 Å². The van der Waals surface area contributed by atoms with Crippen molar-refractivity contribution < 1.29 is 0 Å². The predicted molar refractivity (Wildman–Crippen MR) is 113 cm³/mol. The van der Waals surface area contributed by atoms with E-state index in [1.165, 1.54) is 51.9 Å². The quantitative estimate of drug-likeness (QED) is 0.503. The number of piperidine rings is 1. The van der Waals surface area contributed by atoms with E-state index in [2.05, 4.69) is 47.7 Å². The van der Waals surface area contributed by atoms with E-state index in [0.29, 0.717) is 0 Å². The Labute approximate surface area is 162 Å². The smallest absolute Gasteiger partial charge is 0.193 e. The molecule has 0 saturated carbocycles. The Morgan fingerprint density at radius 2 is 1.69 bits per heavy atom. The summed E-state index contributed by atoms with van der Waals surface area (Å²) >= 11 is 0. The van der Waals surface area contributed by atoms with Crippen LogP contribution in [0.4, 0.5) is 0 Å². The summed E-state index contributed by atoms with van der Waals surface area (Å²) in [6, 6.07) is 0. The molecule has 2 saturated heterocycles. The van der Waals surface area contributed by atoms with Crippen LogP contribution in [0, 0.1) is 11.8 Å². The second kappa shape index (κ2) is 11.8. The van der Waals surface area contributed by atoms with Crippen LogP contribution in [0.3, 0.4) is 0 Å². The molecule has 1 N–H and O–H groups in total. The Balaban J connectivity index is 1.77. The first-order valence-corrected chi connectivity index (χ1v) is 11.2. The van der Waals surface area contributed by atoms with Gasteiger partial charge in [-0.3, -0.25) is 4.99 Å². The number of guanidine groups is 1. The van der Waals surface area contributed by atoms with Gasteiger partial charge >= 0.3 is 0 Å².